The van der Waals surface area contributed by atoms with Gasteiger partial charge < -0.3 is 15.2 Å². The molecule has 1 fully saturated rings. The lowest BCUT2D eigenvalue weighted by Crippen LogP contribution is -2.52. The number of amides is 1. The molecule has 0 bridgehead atoms. The number of hydrogen-bond acceptors (Lipinski definition) is 6. The van der Waals surface area contributed by atoms with Crippen molar-refractivity contribution in [2.24, 2.45) is 11.7 Å². The molecule has 0 saturated carbocycles. The van der Waals surface area contributed by atoms with Gasteiger partial charge in [0.15, 0.2) is 5.82 Å². The van der Waals surface area contributed by atoms with E-state index in [-0.39, 0.29) is 23.9 Å². The Bertz CT molecular complexity index is 494. The van der Waals surface area contributed by atoms with Gasteiger partial charge in [0.1, 0.15) is 0 Å². The zero-order chi connectivity index (χ0) is 16.3. The summed E-state index contributed by atoms with van der Waals surface area (Å²) in [6, 6.07) is -0.0359. The van der Waals surface area contributed by atoms with E-state index in [2.05, 4.69) is 22.0 Å². The number of carbonyl (C=O) groups excluding carboxylic acids is 1. The number of hydrogen-bond donors (Lipinski definition) is 1. The van der Waals surface area contributed by atoms with Gasteiger partial charge in [0.2, 0.25) is 11.8 Å². The van der Waals surface area contributed by atoms with Crippen LogP contribution in [0.5, 0.6) is 0 Å². The molecule has 3 unspecified atom stereocenters. The topological polar surface area (TPSA) is 88.5 Å². The normalized spacial score (nSPS) is 20.7. The summed E-state index contributed by atoms with van der Waals surface area (Å²) in [5, 5.41) is 3.95. The highest BCUT2D eigenvalue weighted by Gasteiger charge is 2.30. The maximum absolute atomic E-state index is 12.3. The predicted molar refractivity (Wildman–Crippen MR) is 83.1 cm³/mol. The van der Waals surface area contributed by atoms with Gasteiger partial charge in [-0.05, 0) is 13.8 Å². The second-order valence-electron chi connectivity index (χ2n) is 6.09. The first kappa shape index (κ1) is 16.9. The lowest BCUT2D eigenvalue weighted by molar-refractivity contribution is -0.137. The quantitative estimate of drug-likeness (QED) is 0.866. The minimum Gasteiger partial charge on any atom is -0.340 e. The predicted octanol–water partition coefficient (Wildman–Crippen LogP) is 0.821. The maximum Gasteiger partial charge on any atom is 0.243 e. The Kier molecular flexibility index (Phi) is 5.52. The molecule has 3 atom stereocenters. The molecule has 0 aliphatic carbocycles. The summed E-state index contributed by atoms with van der Waals surface area (Å²) in [5.74, 6) is 1.40. The number of carbonyl (C=O) groups is 1. The number of aryl methyl sites for hydroxylation is 1. The Balaban J connectivity index is 1.90. The summed E-state index contributed by atoms with van der Waals surface area (Å²) in [6.45, 7) is 10.9. The van der Waals surface area contributed by atoms with Gasteiger partial charge >= 0.3 is 0 Å². The SMILES string of the molecule is CCc1noc(C(C)N2CCN(C(=O)C(C)C(C)N)CC2)n1. The third-order valence-electron chi connectivity index (χ3n) is 4.51. The van der Waals surface area contributed by atoms with Crippen molar-refractivity contribution in [3.05, 3.63) is 11.7 Å². The van der Waals surface area contributed by atoms with Gasteiger partial charge in [0, 0.05) is 38.6 Å². The van der Waals surface area contributed by atoms with E-state index < -0.39 is 0 Å². The molecule has 2 heterocycles. The number of nitrogens with zero attached hydrogens (tertiary/aromatic N) is 4. The van der Waals surface area contributed by atoms with E-state index in [1.54, 1.807) is 0 Å². The van der Waals surface area contributed by atoms with E-state index >= 15 is 0 Å². The van der Waals surface area contributed by atoms with Gasteiger partial charge in [-0.15, -0.1) is 0 Å². The Morgan fingerprint density at radius 3 is 2.41 bits per heavy atom. The van der Waals surface area contributed by atoms with Crippen LogP contribution in [-0.4, -0.2) is 58.1 Å². The van der Waals surface area contributed by atoms with Crippen molar-refractivity contribution in [2.45, 2.75) is 46.2 Å². The number of aromatic nitrogens is 2. The van der Waals surface area contributed by atoms with Crippen molar-refractivity contribution in [3.63, 3.8) is 0 Å². The molecule has 1 aliphatic rings. The fraction of sp³-hybridized carbons (Fsp3) is 0.800. The minimum absolute atomic E-state index is 0.0795. The second kappa shape index (κ2) is 7.19. The Morgan fingerprint density at radius 2 is 1.91 bits per heavy atom. The monoisotopic (exact) mass is 309 g/mol. The highest BCUT2D eigenvalue weighted by atomic mass is 16.5. The molecule has 1 aromatic heterocycles. The molecule has 1 saturated heterocycles. The average Bonchev–Trinajstić information content (AvgIpc) is 3.01. The minimum atomic E-state index is -0.132. The van der Waals surface area contributed by atoms with Gasteiger partial charge in [-0.1, -0.05) is 19.0 Å². The van der Waals surface area contributed by atoms with E-state index in [9.17, 15) is 4.79 Å². The zero-order valence-electron chi connectivity index (χ0n) is 14.0. The van der Waals surface area contributed by atoms with Crippen LogP contribution in [-0.2, 0) is 11.2 Å². The van der Waals surface area contributed by atoms with Crippen LogP contribution in [0.15, 0.2) is 4.52 Å². The van der Waals surface area contributed by atoms with Crippen LogP contribution in [0.3, 0.4) is 0 Å². The van der Waals surface area contributed by atoms with Gasteiger partial charge in [-0.3, -0.25) is 9.69 Å². The number of piperazine rings is 1. The van der Waals surface area contributed by atoms with E-state index in [1.807, 2.05) is 25.7 Å². The summed E-state index contributed by atoms with van der Waals surface area (Å²) in [7, 11) is 0. The third-order valence-corrected chi connectivity index (χ3v) is 4.51. The highest BCUT2D eigenvalue weighted by Crippen LogP contribution is 2.21. The molecule has 0 aromatic carbocycles. The standard InChI is InChI=1S/C15H27N5O2/c1-5-13-17-14(22-18-13)12(4)19-6-8-20(9-7-19)15(21)10(2)11(3)16/h10-12H,5-9,16H2,1-4H3. The van der Waals surface area contributed by atoms with E-state index in [0.29, 0.717) is 5.89 Å². The van der Waals surface area contributed by atoms with Crippen molar-refractivity contribution in [3.8, 4) is 0 Å². The molecule has 124 valence electrons. The van der Waals surface area contributed by atoms with E-state index in [4.69, 9.17) is 10.3 Å². The Morgan fingerprint density at radius 1 is 1.27 bits per heavy atom. The lowest BCUT2D eigenvalue weighted by atomic mass is 10.0. The summed E-state index contributed by atoms with van der Waals surface area (Å²) < 4.78 is 5.31. The van der Waals surface area contributed by atoms with Crippen LogP contribution in [0.2, 0.25) is 0 Å². The molecule has 7 nitrogen and oxygen atoms in total. The largest absolute Gasteiger partial charge is 0.340 e. The summed E-state index contributed by atoms with van der Waals surface area (Å²) in [5.41, 5.74) is 5.82. The van der Waals surface area contributed by atoms with Gasteiger partial charge in [0.05, 0.1) is 12.0 Å². The van der Waals surface area contributed by atoms with Crippen LogP contribution < -0.4 is 5.73 Å². The summed E-state index contributed by atoms with van der Waals surface area (Å²) in [4.78, 5) is 20.9. The van der Waals surface area contributed by atoms with Gasteiger partial charge in [-0.25, -0.2) is 0 Å². The Hall–Kier alpha value is -1.47. The first-order valence-corrected chi connectivity index (χ1v) is 8.05. The van der Waals surface area contributed by atoms with Crippen LogP contribution >= 0.6 is 0 Å². The molecular formula is C15H27N5O2. The average molecular weight is 309 g/mol. The lowest BCUT2D eigenvalue weighted by Gasteiger charge is -2.38. The van der Waals surface area contributed by atoms with Crippen molar-refractivity contribution in [2.75, 3.05) is 26.2 Å². The summed E-state index contributed by atoms with van der Waals surface area (Å²) >= 11 is 0. The van der Waals surface area contributed by atoms with Crippen molar-refractivity contribution < 1.29 is 9.32 Å². The van der Waals surface area contributed by atoms with Crippen LogP contribution in [0.4, 0.5) is 0 Å². The molecule has 0 radical (unpaired) electrons. The molecular weight excluding hydrogens is 282 g/mol. The first-order valence-electron chi connectivity index (χ1n) is 8.05. The number of nitrogens with two attached hydrogens (primary N) is 1. The van der Waals surface area contributed by atoms with E-state index in [1.165, 1.54) is 0 Å². The van der Waals surface area contributed by atoms with Gasteiger partial charge in [-0.2, -0.15) is 4.98 Å². The fourth-order valence-electron chi connectivity index (χ4n) is 2.58. The molecule has 2 N–H and O–H groups in total. The molecule has 1 aliphatic heterocycles. The van der Waals surface area contributed by atoms with Gasteiger partial charge in [0.25, 0.3) is 0 Å². The molecule has 1 amide bonds. The van der Waals surface area contributed by atoms with E-state index in [0.717, 1.165) is 38.4 Å². The van der Waals surface area contributed by atoms with Crippen molar-refractivity contribution in [1.82, 2.24) is 19.9 Å². The van der Waals surface area contributed by atoms with Crippen LogP contribution in [0.1, 0.15) is 45.5 Å². The first-order chi connectivity index (χ1) is 10.4. The van der Waals surface area contributed by atoms with Crippen molar-refractivity contribution in [1.29, 1.82) is 0 Å². The maximum atomic E-state index is 12.3. The zero-order valence-corrected chi connectivity index (χ0v) is 14.0. The molecule has 1 aromatic rings. The highest BCUT2D eigenvalue weighted by molar-refractivity contribution is 5.79. The second-order valence-corrected chi connectivity index (χ2v) is 6.09. The molecule has 7 heteroatoms. The fourth-order valence-corrected chi connectivity index (χ4v) is 2.58. The molecule has 22 heavy (non-hydrogen) atoms. The van der Waals surface area contributed by atoms with Crippen LogP contribution in [0.25, 0.3) is 0 Å². The summed E-state index contributed by atoms with van der Waals surface area (Å²) in [6.07, 6.45) is 0.771. The van der Waals surface area contributed by atoms with Crippen molar-refractivity contribution >= 4 is 5.91 Å². The van der Waals surface area contributed by atoms with Crippen LogP contribution in [0, 0.1) is 5.92 Å². The third kappa shape index (κ3) is 3.64. The number of rotatable bonds is 5. The smallest absolute Gasteiger partial charge is 0.243 e. The Labute approximate surface area is 131 Å². The molecule has 0 spiro atoms. The molecule has 2 rings (SSSR count).